The Hall–Kier alpha value is -2.66. The average molecular weight is 341 g/mol. The number of carbonyl (C=O) groups is 2. The van der Waals surface area contributed by atoms with E-state index in [9.17, 15) is 9.59 Å². The van der Waals surface area contributed by atoms with Crippen molar-refractivity contribution in [2.24, 2.45) is 0 Å². The number of carbonyl (C=O) groups excluding carboxylic acids is 2. The summed E-state index contributed by atoms with van der Waals surface area (Å²) in [5.74, 6) is -0.494. The molecule has 0 aliphatic carbocycles. The summed E-state index contributed by atoms with van der Waals surface area (Å²) in [6.07, 6.45) is 1.06. The highest BCUT2D eigenvalue weighted by molar-refractivity contribution is 5.95. The SMILES string of the molecule is CC[C@H](C)c1ccc(NC(=O)COC(=O)c2ccc(CO)cc2)cc1. The van der Waals surface area contributed by atoms with E-state index in [0.717, 1.165) is 6.42 Å². The van der Waals surface area contributed by atoms with E-state index >= 15 is 0 Å². The number of anilines is 1. The lowest BCUT2D eigenvalue weighted by Gasteiger charge is -2.11. The summed E-state index contributed by atoms with van der Waals surface area (Å²) in [5.41, 5.74) is 2.93. The van der Waals surface area contributed by atoms with Crippen LogP contribution in [0.4, 0.5) is 5.69 Å². The first kappa shape index (κ1) is 18.7. The quantitative estimate of drug-likeness (QED) is 0.756. The van der Waals surface area contributed by atoms with Gasteiger partial charge >= 0.3 is 5.97 Å². The molecule has 0 aromatic heterocycles. The summed E-state index contributed by atoms with van der Waals surface area (Å²) in [5, 5.41) is 11.7. The molecule has 5 nitrogen and oxygen atoms in total. The molecule has 0 bridgehead atoms. The maximum Gasteiger partial charge on any atom is 0.338 e. The van der Waals surface area contributed by atoms with Gasteiger partial charge in [-0.05, 0) is 47.7 Å². The molecule has 0 saturated carbocycles. The van der Waals surface area contributed by atoms with Gasteiger partial charge in [0.2, 0.25) is 0 Å². The summed E-state index contributed by atoms with van der Waals surface area (Å²) in [6.45, 7) is 3.84. The molecule has 0 radical (unpaired) electrons. The van der Waals surface area contributed by atoms with E-state index in [1.165, 1.54) is 5.56 Å². The van der Waals surface area contributed by atoms with Crippen LogP contribution < -0.4 is 5.32 Å². The second-order valence-corrected chi connectivity index (χ2v) is 5.91. The molecule has 2 aromatic carbocycles. The fraction of sp³-hybridized carbons (Fsp3) is 0.300. The van der Waals surface area contributed by atoms with Crippen molar-refractivity contribution in [1.29, 1.82) is 0 Å². The number of rotatable bonds is 7. The molecule has 132 valence electrons. The van der Waals surface area contributed by atoms with Gasteiger partial charge in [0.15, 0.2) is 6.61 Å². The molecule has 0 spiro atoms. The Kier molecular flexibility index (Phi) is 6.71. The van der Waals surface area contributed by atoms with Gasteiger partial charge < -0.3 is 15.2 Å². The Bertz CT molecular complexity index is 707. The Morgan fingerprint density at radius 1 is 1.08 bits per heavy atom. The Morgan fingerprint density at radius 2 is 1.72 bits per heavy atom. The second-order valence-electron chi connectivity index (χ2n) is 5.91. The van der Waals surface area contributed by atoms with Crippen molar-refractivity contribution in [3.8, 4) is 0 Å². The van der Waals surface area contributed by atoms with Crippen molar-refractivity contribution >= 4 is 17.6 Å². The van der Waals surface area contributed by atoms with E-state index in [1.807, 2.05) is 24.3 Å². The number of benzene rings is 2. The topological polar surface area (TPSA) is 75.6 Å². The largest absolute Gasteiger partial charge is 0.452 e. The number of aliphatic hydroxyl groups excluding tert-OH is 1. The van der Waals surface area contributed by atoms with Gasteiger partial charge in [-0.1, -0.05) is 38.1 Å². The van der Waals surface area contributed by atoms with Crippen LogP contribution in [0.1, 0.15) is 47.7 Å². The molecule has 2 rings (SSSR count). The van der Waals surface area contributed by atoms with Gasteiger partial charge in [-0.3, -0.25) is 4.79 Å². The summed E-state index contributed by atoms with van der Waals surface area (Å²) < 4.78 is 5.00. The average Bonchev–Trinajstić information content (AvgIpc) is 2.66. The van der Waals surface area contributed by atoms with Crippen molar-refractivity contribution in [1.82, 2.24) is 0 Å². The van der Waals surface area contributed by atoms with Crippen molar-refractivity contribution in [2.75, 3.05) is 11.9 Å². The first-order valence-electron chi connectivity index (χ1n) is 8.30. The van der Waals surface area contributed by atoms with Gasteiger partial charge in [-0.15, -0.1) is 0 Å². The van der Waals surface area contributed by atoms with Gasteiger partial charge in [0.05, 0.1) is 12.2 Å². The predicted octanol–water partition coefficient (Wildman–Crippen LogP) is 3.49. The lowest BCUT2D eigenvalue weighted by Crippen LogP contribution is -2.20. The van der Waals surface area contributed by atoms with E-state index < -0.39 is 11.9 Å². The minimum absolute atomic E-state index is 0.0897. The molecule has 2 aromatic rings. The van der Waals surface area contributed by atoms with E-state index in [1.54, 1.807) is 24.3 Å². The number of ether oxygens (including phenoxy) is 1. The molecular weight excluding hydrogens is 318 g/mol. The normalized spacial score (nSPS) is 11.6. The maximum atomic E-state index is 11.9. The monoisotopic (exact) mass is 341 g/mol. The van der Waals surface area contributed by atoms with Crippen molar-refractivity contribution in [3.63, 3.8) is 0 Å². The van der Waals surface area contributed by atoms with Crippen LogP contribution in [0.2, 0.25) is 0 Å². The van der Waals surface area contributed by atoms with Crippen LogP contribution in [0.3, 0.4) is 0 Å². The summed E-state index contributed by atoms with van der Waals surface area (Å²) in [7, 11) is 0. The van der Waals surface area contributed by atoms with Gasteiger partial charge in [0.1, 0.15) is 0 Å². The predicted molar refractivity (Wildman–Crippen MR) is 96.4 cm³/mol. The van der Waals surface area contributed by atoms with E-state index in [4.69, 9.17) is 9.84 Å². The Labute approximate surface area is 147 Å². The molecule has 0 saturated heterocycles. The number of amides is 1. The van der Waals surface area contributed by atoms with Crippen molar-refractivity contribution in [2.45, 2.75) is 32.8 Å². The van der Waals surface area contributed by atoms with Crippen LogP contribution in [0, 0.1) is 0 Å². The maximum absolute atomic E-state index is 11.9. The first-order valence-corrected chi connectivity index (χ1v) is 8.30. The first-order chi connectivity index (χ1) is 12.0. The third kappa shape index (κ3) is 5.43. The minimum Gasteiger partial charge on any atom is -0.452 e. The van der Waals surface area contributed by atoms with Crippen LogP contribution in [-0.2, 0) is 16.1 Å². The van der Waals surface area contributed by atoms with Gasteiger partial charge in [0.25, 0.3) is 5.91 Å². The smallest absolute Gasteiger partial charge is 0.338 e. The van der Waals surface area contributed by atoms with Crippen LogP contribution in [0.15, 0.2) is 48.5 Å². The van der Waals surface area contributed by atoms with Gasteiger partial charge in [-0.2, -0.15) is 0 Å². The Balaban J connectivity index is 1.84. The molecule has 1 amide bonds. The van der Waals surface area contributed by atoms with Crippen molar-refractivity contribution in [3.05, 3.63) is 65.2 Å². The third-order valence-corrected chi connectivity index (χ3v) is 4.08. The zero-order valence-corrected chi connectivity index (χ0v) is 14.5. The highest BCUT2D eigenvalue weighted by Crippen LogP contribution is 2.20. The standard InChI is InChI=1S/C20H23NO4/c1-3-14(2)16-8-10-18(11-9-16)21-19(23)13-25-20(24)17-6-4-15(12-22)5-7-17/h4-11,14,22H,3,12-13H2,1-2H3,(H,21,23)/t14-/m0/s1. The van der Waals surface area contributed by atoms with Crippen LogP contribution >= 0.6 is 0 Å². The second kappa shape index (κ2) is 8.99. The van der Waals surface area contributed by atoms with Crippen molar-refractivity contribution < 1.29 is 19.4 Å². The highest BCUT2D eigenvalue weighted by atomic mass is 16.5. The van der Waals surface area contributed by atoms with Gasteiger partial charge in [0, 0.05) is 5.69 Å². The molecule has 0 aliphatic heterocycles. The molecule has 0 heterocycles. The van der Waals surface area contributed by atoms with Crippen LogP contribution in [0.5, 0.6) is 0 Å². The van der Waals surface area contributed by atoms with E-state index in [0.29, 0.717) is 22.7 Å². The number of hydrogen-bond acceptors (Lipinski definition) is 4. The molecule has 0 fully saturated rings. The zero-order valence-electron chi connectivity index (χ0n) is 14.5. The summed E-state index contributed by atoms with van der Waals surface area (Å²) in [4.78, 5) is 23.8. The fourth-order valence-electron chi connectivity index (χ4n) is 2.29. The lowest BCUT2D eigenvalue weighted by molar-refractivity contribution is -0.119. The molecule has 5 heteroatoms. The van der Waals surface area contributed by atoms with E-state index in [2.05, 4.69) is 19.2 Å². The summed E-state index contributed by atoms with van der Waals surface area (Å²) >= 11 is 0. The summed E-state index contributed by atoms with van der Waals surface area (Å²) in [6, 6.07) is 14.0. The van der Waals surface area contributed by atoms with Gasteiger partial charge in [-0.25, -0.2) is 4.79 Å². The molecular formula is C20H23NO4. The highest BCUT2D eigenvalue weighted by Gasteiger charge is 2.11. The van der Waals surface area contributed by atoms with Crippen LogP contribution in [0.25, 0.3) is 0 Å². The Morgan fingerprint density at radius 3 is 2.28 bits per heavy atom. The minimum atomic E-state index is -0.577. The molecule has 25 heavy (non-hydrogen) atoms. The van der Waals surface area contributed by atoms with Crippen LogP contribution in [-0.4, -0.2) is 23.6 Å². The molecule has 2 N–H and O–H groups in total. The molecule has 0 aliphatic rings. The number of esters is 1. The fourth-order valence-corrected chi connectivity index (χ4v) is 2.29. The number of nitrogens with one attached hydrogen (secondary N) is 1. The van der Waals surface area contributed by atoms with E-state index in [-0.39, 0.29) is 13.2 Å². The third-order valence-electron chi connectivity index (χ3n) is 4.08. The zero-order chi connectivity index (χ0) is 18.2. The molecule has 0 unspecified atom stereocenters. The number of hydrogen-bond donors (Lipinski definition) is 2. The lowest BCUT2D eigenvalue weighted by atomic mass is 9.99. The molecule has 1 atom stereocenters. The number of aliphatic hydroxyl groups is 1.